The number of methoxy groups -OCH3 is 1. The van der Waals surface area contributed by atoms with Gasteiger partial charge in [-0.05, 0) is 31.2 Å². The number of carbonyl (C=O) groups is 2. The molecule has 6 heteroatoms. The van der Waals surface area contributed by atoms with Gasteiger partial charge in [-0.15, -0.1) is 0 Å². The highest BCUT2D eigenvalue weighted by Crippen LogP contribution is 2.30. The zero-order chi connectivity index (χ0) is 15.3. The SMILES string of the molecule is COC1(CNC(=O)C(=O)Nc2ccc(C)cc2)CCSC1. The van der Waals surface area contributed by atoms with Gasteiger partial charge in [-0.1, -0.05) is 17.7 Å². The summed E-state index contributed by atoms with van der Waals surface area (Å²) in [7, 11) is 1.64. The zero-order valence-electron chi connectivity index (χ0n) is 12.3. The molecule has 1 aromatic rings. The van der Waals surface area contributed by atoms with Crippen LogP contribution in [0.15, 0.2) is 24.3 Å². The molecule has 0 spiro atoms. The third kappa shape index (κ3) is 4.22. The molecule has 21 heavy (non-hydrogen) atoms. The lowest BCUT2D eigenvalue weighted by atomic mass is 10.0. The van der Waals surface area contributed by atoms with Crippen LogP contribution >= 0.6 is 11.8 Å². The van der Waals surface area contributed by atoms with Crippen molar-refractivity contribution in [3.63, 3.8) is 0 Å². The summed E-state index contributed by atoms with van der Waals surface area (Å²) in [5.41, 5.74) is 1.36. The van der Waals surface area contributed by atoms with Gasteiger partial charge in [-0.2, -0.15) is 11.8 Å². The number of ether oxygens (including phenoxy) is 1. The quantitative estimate of drug-likeness (QED) is 0.829. The monoisotopic (exact) mass is 308 g/mol. The van der Waals surface area contributed by atoms with Crippen LogP contribution in [0.1, 0.15) is 12.0 Å². The fraction of sp³-hybridized carbons (Fsp3) is 0.467. The fourth-order valence-electron chi connectivity index (χ4n) is 2.11. The lowest BCUT2D eigenvalue weighted by molar-refractivity contribution is -0.136. The molecule has 1 unspecified atom stereocenters. The number of rotatable bonds is 4. The van der Waals surface area contributed by atoms with Gasteiger partial charge in [0.1, 0.15) is 0 Å². The second-order valence-electron chi connectivity index (χ2n) is 5.19. The number of carbonyl (C=O) groups excluding carboxylic acids is 2. The Morgan fingerprint density at radius 2 is 2.00 bits per heavy atom. The van der Waals surface area contributed by atoms with Crippen molar-refractivity contribution in [2.45, 2.75) is 18.9 Å². The van der Waals surface area contributed by atoms with Crippen molar-refractivity contribution in [2.75, 3.05) is 30.5 Å². The van der Waals surface area contributed by atoms with Crippen LogP contribution in [0.3, 0.4) is 0 Å². The molecule has 0 aliphatic carbocycles. The Kier molecular flexibility index (Phi) is 5.25. The molecule has 1 aromatic carbocycles. The molecule has 1 aliphatic heterocycles. The van der Waals surface area contributed by atoms with Crippen LogP contribution in [-0.4, -0.2) is 42.6 Å². The van der Waals surface area contributed by atoms with Crippen molar-refractivity contribution < 1.29 is 14.3 Å². The maximum atomic E-state index is 11.8. The van der Waals surface area contributed by atoms with Crippen molar-refractivity contribution in [2.24, 2.45) is 0 Å². The smallest absolute Gasteiger partial charge is 0.313 e. The van der Waals surface area contributed by atoms with Crippen LogP contribution < -0.4 is 10.6 Å². The van der Waals surface area contributed by atoms with E-state index in [-0.39, 0.29) is 5.60 Å². The number of nitrogens with one attached hydrogen (secondary N) is 2. The second kappa shape index (κ2) is 6.95. The number of benzene rings is 1. The van der Waals surface area contributed by atoms with Crippen molar-refractivity contribution in [1.82, 2.24) is 5.32 Å². The predicted octanol–water partition coefficient (Wildman–Crippen LogP) is 1.57. The number of thioether (sulfide) groups is 1. The normalized spacial score (nSPS) is 21.0. The van der Waals surface area contributed by atoms with E-state index < -0.39 is 11.8 Å². The van der Waals surface area contributed by atoms with E-state index in [9.17, 15) is 9.59 Å². The first kappa shape index (κ1) is 15.9. The van der Waals surface area contributed by atoms with Crippen LogP contribution in [0.25, 0.3) is 0 Å². The number of amides is 2. The van der Waals surface area contributed by atoms with E-state index in [1.807, 2.05) is 19.1 Å². The molecule has 2 N–H and O–H groups in total. The summed E-state index contributed by atoms with van der Waals surface area (Å²) in [6.07, 6.45) is 0.883. The van der Waals surface area contributed by atoms with Gasteiger partial charge in [0, 0.05) is 25.1 Å². The van der Waals surface area contributed by atoms with E-state index in [1.54, 1.807) is 31.0 Å². The molecule has 1 heterocycles. The van der Waals surface area contributed by atoms with Gasteiger partial charge >= 0.3 is 11.8 Å². The van der Waals surface area contributed by atoms with E-state index in [1.165, 1.54) is 0 Å². The summed E-state index contributed by atoms with van der Waals surface area (Å²) in [6, 6.07) is 7.29. The van der Waals surface area contributed by atoms with Crippen LogP contribution in [0.4, 0.5) is 5.69 Å². The highest BCUT2D eigenvalue weighted by atomic mass is 32.2. The maximum absolute atomic E-state index is 11.8. The van der Waals surface area contributed by atoms with E-state index in [2.05, 4.69) is 10.6 Å². The second-order valence-corrected chi connectivity index (χ2v) is 6.30. The van der Waals surface area contributed by atoms with Gasteiger partial charge in [0.2, 0.25) is 0 Å². The van der Waals surface area contributed by atoms with Crippen LogP contribution in [-0.2, 0) is 14.3 Å². The molecule has 0 saturated carbocycles. The number of anilines is 1. The first-order valence-electron chi connectivity index (χ1n) is 6.83. The fourth-order valence-corrected chi connectivity index (χ4v) is 3.50. The Morgan fingerprint density at radius 1 is 1.29 bits per heavy atom. The topological polar surface area (TPSA) is 67.4 Å². The van der Waals surface area contributed by atoms with E-state index in [0.717, 1.165) is 23.5 Å². The Hall–Kier alpha value is -1.53. The molecule has 1 atom stereocenters. The van der Waals surface area contributed by atoms with Crippen molar-refractivity contribution in [3.8, 4) is 0 Å². The Bertz CT molecular complexity index is 510. The number of aryl methyl sites for hydroxylation is 1. The maximum Gasteiger partial charge on any atom is 0.313 e. The van der Waals surface area contributed by atoms with Crippen LogP contribution in [0.2, 0.25) is 0 Å². The minimum Gasteiger partial charge on any atom is -0.376 e. The molecule has 0 bridgehead atoms. The molecule has 0 radical (unpaired) electrons. The summed E-state index contributed by atoms with van der Waals surface area (Å²) >= 11 is 1.79. The van der Waals surface area contributed by atoms with Gasteiger partial charge in [-0.3, -0.25) is 9.59 Å². The predicted molar refractivity (Wildman–Crippen MR) is 84.5 cm³/mol. The Balaban J connectivity index is 1.85. The molecule has 1 saturated heterocycles. The summed E-state index contributed by atoms with van der Waals surface area (Å²) in [5, 5.41) is 5.24. The van der Waals surface area contributed by atoms with Gasteiger partial charge in [0.25, 0.3) is 0 Å². The largest absolute Gasteiger partial charge is 0.376 e. The minimum absolute atomic E-state index is 0.343. The Labute approximate surface area is 128 Å². The molecule has 1 fully saturated rings. The van der Waals surface area contributed by atoms with Gasteiger partial charge in [0.15, 0.2) is 0 Å². The molecule has 114 valence electrons. The Morgan fingerprint density at radius 3 is 2.57 bits per heavy atom. The zero-order valence-corrected chi connectivity index (χ0v) is 13.1. The third-order valence-corrected chi connectivity index (χ3v) is 4.81. The molecule has 1 aliphatic rings. The minimum atomic E-state index is -0.657. The molecule has 5 nitrogen and oxygen atoms in total. The highest BCUT2D eigenvalue weighted by molar-refractivity contribution is 7.99. The van der Waals surface area contributed by atoms with Crippen LogP contribution in [0.5, 0.6) is 0 Å². The van der Waals surface area contributed by atoms with Crippen molar-refractivity contribution in [3.05, 3.63) is 29.8 Å². The molecule has 2 amide bonds. The summed E-state index contributed by atoms with van der Waals surface area (Å²) in [6.45, 7) is 2.32. The van der Waals surface area contributed by atoms with E-state index in [4.69, 9.17) is 4.74 Å². The van der Waals surface area contributed by atoms with Crippen molar-refractivity contribution >= 4 is 29.3 Å². The lowest BCUT2D eigenvalue weighted by Crippen LogP contribution is -2.47. The molecular weight excluding hydrogens is 288 g/mol. The summed E-state index contributed by atoms with van der Waals surface area (Å²) in [5.74, 6) is 0.558. The average molecular weight is 308 g/mol. The first-order valence-corrected chi connectivity index (χ1v) is 7.99. The lowest BCUT2D eigenvalue weighted by Gasteiger charge is -2.26. The van der Waals surface area contributed by atoms with Crippen LogP contribution in [0, 0.1) is 6.92 Å². The standard InChI is InChI=1S/C15H20N2O3S/c1-11-3-5-12(6-4-11)17-14(19)13(18)16-9-15(20-2)7-8-21-10-15/h3-6H,7-10H2,1-2H3,(H,16,18)(H,17,19). The van der Waals surface area contributed by atoms with Gasteiger partial charge in [-0.25, -0.2) is 0 Å². The number of hydrogen-bond donors (Lipinski definition) is 2. The van der Waals surface area contributed by atoms with E-state index in [0.29, 0.717) is 12.2 Å². The molecular formula is C15H20N2O3S. The van der Waals surface area contributed by atoms with Gasteiger partial charge < -0.3 is 15.4 Å². The first-order chi connectivity index (χ1) is 10.0. The number of hydrogen-bond acceptors (Lipinski definition) is 4. The molecule has 0 aromatic heterocycles. The van der Waals surface area contributed by atoms with E-state index >= 15 is 0 Å². The highest BCUT2D eigenvalue weighted by Gasteiger charge is 2.35. The van der Waals surface area contributed by atoms with Crippen molar-refractivity contribution in [1.29, 1.82) is 0 Å². The average Bonchev–Trinajstić information content (AvgIpc) is 2.96. The molecule has 2 rings (SSSR count). The summed E-state index contributed by atoms with van der Waals surface area (Å²) in [4.78, 5) is 23.7. The third-order valence-electron chi connectivity index (χ3n) is 3.59. The van der Waals surface area contributed by atoms with Gasteiger partial charge in [0.05, 0.1) is 5.60 Å². The summed E-state index contributed by atoms with van der Waals surface area (Å²) < 4.78 is 5.49.